The number of primary amides is 1. The molecule has 0 spiro atoms. The third-order valence-electron chi connectivity index (χ3n) is 20.0. The Morgan fingerprint density at radius 2 is 0.849 bits per heavy atom. The summed E-state index contributed by atoms with van der Waals surface area (Å²) in [5, 5.41) is 9.88. The number of rotatable bonds is 21. The van der Waals surface area contributed by atoms with Crippen LogP contribution in [0.2, 0.25) is 0 Å². The molecule has 3 aliphatic rings. The van der Waals surface area contributed by atoms with Gasteiger partial charge in [-0.25, -0.2) is 0 Å². The van der Waals surface area contributed by atoms with Crippen LogP contribution in [0.5, 0.6) is 11.5 Å². The van der Waals surface area contributed by atoms with Gasteiger partial charge in [-0.05, 0) is 162 Å². The quantitative estimate of drug-likeness (QED) is 0.0299. The summed E-state index contributed by atoms with van der Waals surface area (Å²) < 4.78 is 80.6. The van der Waals surface area contributed by atoms with E-state index in [2.05, 4.69) is 83.0 Å². The van der Waals surface area contributed by atoms with Gasteiger partial charge in [-0.3, -0.25) is 19.2 Å². The number of nitrogens with zero attached hydrogens (tertiary/aromatic N) is 3. The second-order valence-electron chi connectivity index (χ2n) is 26.2. The first-order chi connectivity index (χ1) is 44.1. The molecular weight excluding hydrogens is 1210 g/mol. The molecule has 3 fully saturated rings. The standard InChI is InChI=1S/C25H30F3NO5S.C25H32N2O3.C24H31NO3/c1-18-16-29(17-20(23(30)33-3)14-19-8-5-4-6-9-19)13-12-24(18,2)21-10-7-11-22(15-21)34-35(31,32)25(26,27)28;1-18-16-27(17-21(24(29)30-3)14-19-8-5-4-6-9-19)13-12-25(18,2)22-11-7-10-20(15-22)23(26)28;1-18-16-25(13-12-24(18,2)21-10-7-11-22(26)15-21)17-20(23(27)28-3)14-19-8-5-4-6-9-19/h4-11,15,18,20H,12-14,16-17H2,1-3H3;4-11,15,18,21H,12-14,16-17H2,1-3H3,(H2,26,28);4-11,15,18,20,26H,12-14,16-17H2,1-3H3/t18-,20-,24+;18-,21-,25+;18-,20-,24+/m000/s1. The van der Waals surface area contributed by atoms with Crippen LogP contribution in [0.1, 0.15) is 105 Å². The molecule has 6 aromatic carbocycles. The van der Waals surface area contributed by atoms with Crippen molar-refractivity contribution in [3.63, 3.8) is 0 Å². The Bertz CT molecular complexity index is 3530. The average Bonchev–Trinajstić information content (AvgIpc) is 0.820. The molecule has 93 heavy (non-hydrogen) atoms. The van der Waals surface area contributed by atoms with Crippen LogP contribution in [0.25, 0.3) is 0 Å². The van der Waals surface area contributed by atoms with Crippen LogP contribution >= 0.6 is 0 Å². The van der Waals surface area contributed by atoms with Gasteiger partial charge in [0, 0.05) is 44.8 Å². The van der Waals surface area contributed by atoms with Crippen LogP contribution in [0.3, 0.4) is 0 Å². The number of carbonyl (C=O) groups is 4. The van der Waals surface area contributed by atoms with E-state index in [0.717, 1.165) is 61.3 Å². The molecule has 0 aliphatic carbocycles. The fourth-order valence-corrected chi connectivity index (χ4v) is 14.0. The Kier molecular flexibility index (Phi) is 25.5. The molecule has 502 valence electrons. The molecular formula is C74H93F3N4O11S. The van der Waals surface area contributed by atoms with Crippen LogP contribution in [0.15, 0.2) is 164 Å². The van der Waals surface area contributed by atoms with Crippen molar-refractivity contribution >= 4 is 33.9 Å². The monoisotopic (exact) mass is 1300 g/mol. The Morgan fingerprint density at radius 3 is 1.17 bits per heavy atom. The molecule has 3 N–H and O–H groups in total. The van der Waals surface area contributed by atoms with Crippen molar-refractivity contribution in [1.82, 2.24) is 14.7 Å². The highest BCUT2D eigenvalue weighted by Crippen LogP contribution is 2.44. The van der Waals surface area contributed by atoms with E-state index < -0.39 is 26.9 Å². The van der Waals surface area contributed by atoms with E-state index >= 15 is 0 Å². The Labute approximate surface area is 547 Å². The average molecular weight is 1300 g/mol. The number of ether oxygens (including phenoxy) is 3. The molecule has 0 unspecified atom stereocenters. The van der Waals surface area contributed by atoms with Gasteiger partial charge < -0.3 is 43.9 Å². The minimum absolute atomic E-state index is 0.0232. The SMILES string of the molecule is COC(=O)[C@@H](Cc1ccccc1)CN1CC[C@@](C)(c2cccc(C(N)=O)c2)[C@@H](C)C1.COC(=O)[C@@H](Cc1ccccc1)CN1CC[C@@](C)(c2cccc(O)c2)[C@@H](C)C1.COC(=O)[C@@H](Cc1ccccc1)CN1CC[C@@](C)(c2cccc(OS(=O)(=O)C(F)(F)F)c2)[C@@H](C)C1. The number of benzene rings is 6. The molecule has 3 aliphatic heterocycles. The topological polar surface area (TPSA) is 195 Å². The molecule has 0 radical (unpaired) electrons. The largest absolute Gasteiger partial charge is 0.534 e. The number of phenols is 1. The van der Waals surface area contributed by atoms with Crippen LogP contribution in [0.4, 0.5) is 13.2 Å². The third-order valence-corrected chi connectivity index (χ3v) is 21.0. The van der Waals surface area contributed by atoms with Crippen molar-refractivity contribution in [3.05, 3.63) is 203 Å². The maximum Gasteiger partial charge on any atom is 0.534 e. The molecule has 15 nitrogen and oxygen atoms in total. The van der Waals surface area contributed by atoms with E-state index in [1.807, 2.05) is 105 Å². The molecule has 0 saturated carbocycles. The van der Waals surface area contributed by atoms with Crippen LogP contribution in [-0.4, -0.2) is 138 Å². The van der Waals surface area contributed by atoms with Crippen LogP contribution in [-0.2, 0) is 74.2 Å². The van der Waals surface area contributed by atoms with E-state index in [1.165, 1.54) is 45.1 Å². The lowest BCUT2D eigenvalue weighted by molar-refractivity contribution is -0.147. The number of alkyl halides is 3. The molecule has 9 atom stereocenters. The molecule has 1 amide bonds. The fraction of sp³-hybridized carbons (Fsp3) is 0.459. The first-order valence-corrected chi connectivity index (χ1v) is 33.4. The third kappa shape index (κ3) is 19.3. The number of hydrogen-bond acceptors (Lipinski definition) is 14. The van der Waals surface area contributed by atoms with Gasteiger partial charge in [-0.2, -0.15) is 21.6 Å². The smallest absolute Gasteiger partial charge is 0.508 e. The molecule has 0 aromatic heterocycles. The lowest BCUT2D eigenvalue weighted by atomic mass is 9.67. The van der Waals surface area contributed by atoms with Crippen molar-refractivity contribution in [1.29, 1.82) is 0 Å². The predicted octanol–water partition coefficient (Wildman–Crippen LogP) is 12.0. The zero-order valence-electron chi connectivity index (χ0n) is 55.1. The molecule has 0 bridgehead atoms. The molecule has 3 heterocycles. The lowest BCUT2D eigenvalue weighted by Gasteiger charge is -2.45. The fourth-order valence-electron chi connectivity index (χ4n) is 13.5. The minimum Gasteiger partial charge on any atom is -0.508 e. The summed E-state index contributed by atoms with van der Waals surface area (Å²) >= 11 is 0. The van der Waals surface area contributed by atoms with Crippen molar-refractivity contribution in [2.75, 3.05) is 80.2 Å². The number of piperidine rings is 3. The Morgan fingerprint density at radius 1 is 0.516 bits per heavy atom. The summed E-state index contributed by atoms with van der Waals surface area (Å²) in [7, 11) is -1.43. The zero-order chi connectivity index (χ0) is 67.7. The number of halogens is 3. The van der Waals surface area contributed by atoms with Crippen LogP contribution in [0, 0.1) is 35.5 Å². The number of aromatic hydroxyl groups is 1. The summed E-state index contributed by atoms with van der Waals surface area (Å²) in [5.41, 5.74) is 6.49. The number of hydrogen-bond donors (Lipinski definition) is 2. The highest BCUT2D eigenvalue weighted by molar-refractivity contribution is 7.88. The van der Waals surface area contributed by atoms with Crippen LogP contribution < -0.4 is 9.92 Å². The van der Waals surface area contributed by atoms with E-state index in [0.29, 0.717) is 87.1 Å². The highest BCUT2D eigenvalue weighted by atomic mass is 32.2. The highest BCUT2D eigenvalue weighted by Gasteiger charge is 2.49. The maximum atomic E-state index is 12.7. The summed E-state index contributed by atoms with van der Waals surface area (Å²) in [5.74, 6) is -0.848. The number of carbonyl (C=O) groups excluding carboxylic acids is 4. The van der Waals surface area contributed by atoms with Gasteiger partial charge in [0.2, 0.25) is 5.91 Å². The van der Waals surface area contributed by atoms with Gasteiger partial charge in [0.1, 0.15) is 11.5 Å². The van der Waals surface area contributed by atoms with Gasteiger partial charge in [0.25, 0.3) is 0 Å². The summed E-state index contributed by atoms with van der Waals surface area (Å²) in [6.07, 6.45) is 4.55. The Hall–Kier alpha value is -7.58. The van der Waals surface area contributed by atoms with E-state index in [-0.39, 0.29) is 58.2 Å². The van der Waals surface area contributed by atoms with E-state index in [4.69, 9.17) is 19.9 Å². The zero-order valence-corrected chi connectivity index (χ0v) is 56.0. The number of phenolic OH excluding ortho intramolecular Hbond substituents is 1. The Balaban J connectivity index is 0.000000199. The molecule has 3 saturated heterocycles. The second kappa shape index (κ2) is 32.5. The van der Waals surface area contributed by atoms with Gasteiger partial charge in [0.05, 0.1) is 39.1 Å². The maximum absolute atomic E-state index is 12.7. The number of methoxy groups -OCH3 is 3. The molecule has 9 rings (SSSR count). The van der Waals surface area contributed by atoms with Crippen molar-refractivity contribution in [3.8, 4) is 11.5 Å². The van der Waals surface area contributed by atoms with Gasteiger partial charge in [-0.1, -0.05) is 169 Å². The normalized spacial score (nSPS) is 23.0. The molecule has 19 heteroatoms. The number of nitrogens with two attached hydrogens (primary N) is 1. The van der Waals surface area contributed by atoms with Gasteiger partial charge >= 0.3 is 33.5 Å². The van der Waals surface area contributed by atoms with Gasteiger partial charge in [-0.15, -0.1) is 0 Å². The predicted molar refractivity (Wildman–Crippen MR) is 355 cm³/mol. The summed E-state index contributed by atoms with van der Waals surface area (Å²) in [4.78, 5) is 55.8. The van der Waals surface area contributed by atoms with E-state index in [9.17, 15) is 45.9 Å². The number of esters is 3. The second-order valence-corrected chi connectivity index (χ2v) is 27.8. The summed E-state index contributed by atoms with van der Waals surface area (Å²) in [6.45, 7) is 20.0. The van der Waals surface area contributed by atoms with Crippen molar-refractivity contribution in [2.24, 2.45) is 41.2 Å². The summed E-state index contributed by atoms with van der Waals surface area (Å²) in [6, 6.07) is 51.1. The number of likely N-dealkylation sites (tertiary alicyclic amines) is 3. The lowest BCUT2D eigenvalue weighted by Crippen LogP contribution is -2.49. The minimum atomic E-state index is -5.74. The van der Waals surface area contributed by atoms with E-state index in [1.54, 1.807) is 18.2 Å². The number of amides is 1. The first kappa shape index (κ1) is 72.8. The van der Waals surface area contributed by atoms with Gasteiger partial charge in [0.15, 0.2) is 0 Å². The van der Waals surface area contributed by atoms with Crippen molar-refractivity contribution < 1.29 is 64.3 Å². The first-order valence-electron chi connectivity index (χ1n) is 31.9. The van der Waals surface area contributed by atoms with Crippen molar-refractivity contribution in [2.45, 2.75) is 102 Å². The molecule has 6 aromatic rings.